The van der Waals surface area contributed by atoms with Gasteiger partial charge in [-0.15, -0.1) is 0 Å². The van der Waals surface area contributed by atoms with Crippen molar-refractivity contribution in [3.63, 3.8) is 0 Å². The Balaban J connectivity index is 1.50. The number of fused-ring (bicyclic) bond motifs is 2. The van der Waals surface area contributed by atoms with Gasteiger partial charge in [0.15, 0.2) is 0 Å². The number of nitrogens with one attached hydrogen (secondary N) is 1. The minimum absolute atomic E-state index is 0.0524. The summed E-state index contributed by atoms with van der Waals surface area (Å²) in [4.78, 5) is 18.2. The van der Waals surface area contributed by atoms with Crippen LogP contribution >= 0.6 is 0 Å². The largest absolute Gasteiger partial charge is 0.507 e. The maximum atomic E-state index is 13.1. The minimum Gasteiger partial charge on any atom is -0.507 e. The second-order valence-corrected chi connectivity index (χ2v) is 9.34. The maximum Gasteiger partial charge on any atom is 0.254 e. The lowest BCUT2D eigenvalue weighted by Gasteiger charge is -2.15. The van der Waals surface area contributed by atoms with Crippen LogP contribution in [0.3, 0.4) is 0 Å². The average Bonchev–Trinajstić information content (AvgIpc) is 3.37. The molecule has 178 valence electrons. The summed E-state index contributed by atoms with van der Waals surface area (Å²) in [6, 6.07) is 9.99. The Labute approximate surface area is 201 Å². The fraction of sp³-hybridized carbons (Fsp3) is 0.345. The molecule has 4 rings (SSSR count). The van der Waals surface area contributed by atoms with E-state index in [1.165, 1.54) is 22.1 Å². The van der Waals surface area contributed by atoms with Crippen molar-refractivity contribution in [2.45, 2.75) is 53.0 Å². The van der Waals surface area contributed by atoms with E-state index in [0.29, 0.717) is 36.4 Å². The Kier molecular flexibility index (Phi) is 7.11. The van der Waals surface area contributed by atoms with Gasteiger partial charge in [0.25, 0.3) is 5.91 Å². The quantitative estimate of drug-likeness (QED) is 0.369. The van der Waals surface area contributed by atoms with Gasteiger partial charge in [-0.05, 0) is 64.2 Å². The van der Waals surface area contributed by atoms with E-state index in [2.05, 4.69) is 50.0 Å². The van der Waals surface area contributed by atoms with Gasteiger partial charge in [-0.3, -0.25) is 4.79 Å². The predicted octanol–water partition coefficient (Wildman–Crippen LogP) is 6.32. The number of amides is 1. The molecule has 0 radical (unpaired) electrons. The van der Waals surface area contributed by atoms with E-state index in [1.807, 2.05) is 23.2 Å². The Morgan fingerprint density at radius 1 is 1.21 bits per heavy atom. The lowest BCUT2D eigenvalue weighted by molar-refractivity contribution is 0.0780. The summed E-state index contributed by atoms with van der Waals surface area (Å²) in [5.74, 6) is 0.700. The number of phenols is 1. The zero-order valence-corrected chi connectivity index (χ0v) is 20.6. The maximum absolute atomic E-state index is 13.1. The number of carbonyl (C=O) groups is 1. The topological polar surface area (TPSA) is 65.6 Å². The van der Waals surface area contributed by atoms with Crippen LogP contribution in [0, 0.1) is 0 Å². The first-order valence-electron chi connectivity index (χ1n) is 11.9. The molecule has 0 fully saturated rings. The third-order valence-corrected chi connectivity index (χ3v) is 6.63. The molecule has 0 unspecified atom stereocenters. The molecule has 0 saturated carbocycles. The van der Waals surface area contributed by atoms with Crippen molar-refractivity contribution in [2.75, 3.05) is 13.7 Å². The number of aromatic amines is 1. The molecule has 2 heterocycles. The summed E-state index contributed by atoms with van der Waals surface area (Å²) in [6.45, 7) is 7.35. The van der Waals surface area contributed by atoms with Gasteiger partial charge in [-0.1, -0.05) is 41.5 Å². The van der Waals surface area contributed by atoms with E-state index in [4.69, 9.17) is 4.74 Å². The van der Waals surface area contributed by atoms with E-state index in [1.54, 1.807) is 13.2 Å². The lowest BCUT2D eigenvalue weighted by atomic mass is 9.99. The van der Waals surface area contributed by atoms with E-state index < -0.39 is 0 Å². The van der Waals surface area contributed by atoms with E-state index in [-0.39, 0.29) is 11.7 Å². The number of nitrogens with zero attached hydrogens (tertiary/aromatic N) is 1. The number of aromatic nitrogens is 1. The first-order chi connectivity index (χ1) is 16.4. The molecule has 2 N–H and O–H groups in total. The normalized spacial score (nSPS) is 13.5. The van der Waals surface area contributed by atoms with Crippen molar-refractivity contribution >= 4 is 16.8 Å². The number of aromatic hydroxyl groups is 1. The fourth-order valence-electron chi connectivity index (χ4n) is 4.64. The van der Waals surface area contributed by atoms with Gasteiger partial charge in [0.1, 0.15) is 11.5 Å². The highest BCUT2D eigenvalue weighted by Gasteiger charge is 2.32. The summed E-state index contributed by atoms with van der Waals surface area (Å²) in [7, 11) is 1.59. The van der Waals surface area contributed by atoms with Crippen molar-refractivity contribution in [3.8, 4) is 11.5 Å². The predicted molar refractivity (Wildman–Crippen MR) is 138 cm³/mol. The number of hydrogen-bond acceptors (Lipinski definition) is 3. The van der Waals surface area contributed by atoms with E-state index >= 15 is 0 Å². The molecule has 0 atom stereocenters. The smallest absolute Gasteiger partial charge is 0.254 e. The van der Waals surface area contributed by atoms with Crippen molar-refractivity contribution in [3.05, 3.63) is 82.1 Å². The molecule has 1 amide bonds. The molecular weight excluding hydrogens is 424 g/mol. The summed E-state index contributed by atoms with van der Waals surface area (Å²) in [5, 5.41) is 12.3. The number of methoxy groups -OCH3 is 1. The molecule has 5 nitrogen and oxygen atoms in total. The van der Waals surface area contributed by atoms with Crippen LogP contribution in [0.25, 0.3) is 10.9 Å². The average molecular weight is 459 g/mol. The van der Waals surface area contributed by atoms with Crippen LogP contribution in [0.5, 0.6) is 11.5 Å². The lowest BCUT2D eigenvalue weighted by Crippen LogP contribution is -2.26. The summed E-state index contributed by atoms with van der Waals surface area (Å²) >= 11 is 0. The van der Waals surface area contributed by atoms with Crippen molar-refractivity contribution in [1.29, 1.82) is 0 Å². The van der Waals surface area contributed by atoms with Gasteiger partial charge >= 0.3 is 0 Å². The van der Waals surface area contributed by atoms with Crippen LogP contribution in [0.4, 0.5) is 0 Å². The molecule has 1 aromatic heterocycles. The Morgan fingerprint density at radius 2 is 2.00 bits per heavy atom. The van der Waals surface area contributed by atoms with Gasteiger partial charge in [-0.25, -0.2) is 0 Å². The zero-order chi connectivity index (χ0) is 24.2. The number of para-hydroxylation sites is 1. The Morgan fingerprint density at radius 3 is 2.76 bits per heavy atom. The molecular formula is C29H34N2O3. The Hall–Kier alpha value is -3.47. The number of carbonyl (C=O) groups excluding carboxylic acids is 1. The molecule has 3 aromatic rings. The molecule has 5 heteroatoms. The van der Waals surface area contributed by atoms with Crippen molar-refractivity contribution in [1.82, 2.24) is 9.88 Å². The van der Waals surface area contributed by atoms with Crippen LogP contribution in [-0.4, -0.2) is 34.6 Å². The van der Waals surface area contributed by atoms with Crippen LogP contribution in [-0.2, 0) is 19.4 Å². The van der Waals surface area contributed by atoms with Gasteiger partial charge in [-0.2, -0.15) is 0 Å². The van der Waals surface area contributed by atoms with E-state index in [9.17, 15) is 9.90 Å². The van der Waals surface area contributed by atoms with Crippen LogP contribution in [0.15, 0.2) is 59.8 Å². The number of allylic oxidation sites excluding steroid dienone is 4. The van der Waals surface area contributed by atoms with Crippen molar-refractivity contribution < 1.29 is 14.6 Å². The highest BCUT2D eigenvalue weighted by molar-refractivity contribution is 6.00. The van der Waals surface area contributed by atoms with Gasteiger partial charge < -0.3 is 19.7 Å². The molecule has 0 spiro atoms. The number of rotatable bonds is 9. The standard InChI is InChI=1S/C29H34N2O3/c1-19(2)8-7-9-20(3)12-13-23-27(34-4)16-24-25(28(23)32)18-31(29(24)33)15-14-21-17-30-26-11-6-5-10-22(21)26/h5-6,8,10-12,16-17,30,32H,7,9,13-15,18H2,1-4H3. The molecule has 1 aliphatic heterocycles. The number of H-pyrrole nitrogens is 1. The number of phenolic OH excluding ortho intramolecular Hbond substituents is 1. The number of hydrogen-bond donors (Lipinski definition) is 2. The first kappa shape index (κ1) is 23.7. The number of ether oxygens (including phenoxy) is 1. The highest BCUT2D eigenvalue weighted by Crippen LogP contribution is 2.39. The first-order valence-corrected chi connectivity index (χ1v) is 11.9. The second kappa shape index (κ2) is 10.2. The third-order valence-electron chi connectivity index (χ3n) is 6.63. The SMILES string of the molecule is COc1cc2c(c(O)c1CC=C(C)CCC=C(C)C)CN(CCc1c[nH]c3ccccc13)C2=O. The zero-order valence-electron chi connectivity index (χ0n) is 20.6. The molecule has 0 saturated heterocycles. The minimum atomic E-state index is -0.0524. The second-order valence-electron chi connectivity index (χ2n) is 9.34. The van der Waals surface area contributed by atoms with E-state index in [0.717, 1.165) is 30.3 Å². The molecule has 1 aliphatic rings. The number of benzene rings is 2. The van der Waals surface area contributed by atoms with Crippen LogP contribution < -0.4 is 4.74 Å². The molecule has 0 bridgehead atoms. The summed E-state index contributed by atoms with van der Waals surface area (Å²) in [5.41, 5.74) is 6.88. The van der Waals surface area contributed by atoms with Gasteiger partial charge in [0.2, 0.25) is 0 Å². The molecule has 2 aromatic carbocycles. The summed E-state index contributed by atoms with van der Waals surface area (Å²) < 4.78 is 5.57. The Bertz CT molecular complexity index is 1260. The molecule has 0 aliphatic carbocycles. The van der Waals surface area contributed by atoms with Crippen LogP contribution in [0.2, 0.25) is 0 Å². The third kappa shape index (κ3) is 4.89. The monoisotopic (exact) mass is 458 g/mol. The fourth-order valence-corrected chi connectivity index (χ4v) is 4.64. The highest BCUT2D eigenvalue weighted by atomic mass is 16.5. The van der Waals surface area contributed by atoms with Gasteiger partial charge in [0, 0.05) is 34.8 Å². The summed E-state index contributed by atoms with van der Waals surface area (Å²) in [6.07, 6.45) is 9.73. The van der Waals surface area contributed by atoms with Crippen molar-refractivity contribution in [2.24, 2.45) is 0 Å². The molecule has 34 heavy (non-hydrogen) atoms. The van der Waals surface area contributed by atoms with Gasteiger partial charge in [0.05, 0.1) is 19.2 Å². The van der Waals surface area contributed by atoms with Crippen LogP contribution in [0.1, 0.15) is 60.7 Å².